The normalized spacial score (nSPS) is 16.0. The average molecular weight is 617 g/mol. The van der Waals surface area contributed by atoms with Gasteiger partial charge < -0.3 is 38.1 Å². The third kappa shape index (κ3) is 13.8. The second-order valence-corrected chi connectivity index (χ2v) is 13.2. The minimum atomic E-state index is -0.979. The zero-order valence-electron chi connectivity index (χ0n) is 27.2. The lowest BCUT2D eigenvalue weighted by Crippen LogP contribution is -2.50. The summed E-state index contributed by atoms with van der Waals surface area (Å²) in [5, 5.41) is 9.10. The van der Waals surface area contributed by atoms with Crippen molar-refractivity contribution in [1.29, 1.82) is 0 Å². The van der Waals surface area contributed by atoms with Crippen molar-refractivity contribution >= 4 is 12.0 Å². The summed E-state index contributed by atoms with van der Waals surface area (Å²) in [6.07, 6.45) is 2.40. The van der Waals surface area contributed by atoms with Crippen molar-refractivity contribution in [3.05, 3.63) is 52.2 Å². The van der Waals surface area contributed by atoms with E-state index >= 15 is 0 Å². The summed E-state index contributed by atoms with van der Waals surface area (Å²) in [5.74, 6) is 0.813. The van der Waals surface area contributed by atoms with Gasteiger partial charge in [-0.2, -0.15) is 0 Å². The molecule has 3 rings (SSSR count). The van der Waals surface area contributed by atoms with Gasteiger partial charge in [0, 0.05) is 62.5 Å². The molecule has 10 N–H and O–H groups in total. The Morgan fingerprint density at radius 1 is 1.18 bits per heavy atom. The maximum atomic E-state index is 13.1. The van der Waals surface area contributed by atoms with Crippen LogP contribution < -0.4 is 38.7 Å². The third-order valence-electron chi connectivity index (χ3n) is 6.72. The minimum Gasteiger partial charge on any atom is -0.370 e. The largest absolute Gasteiger partial charge is 0.370 e. The Kier molecular flexibility index (Phi) is 14.2. The SMILES string of the molecule is CC(C)(C)NC(=O)N[C@@H]1CCN(C[C@H](F)CN)C1.CC(C)(C)c1ncc(-c2ccc(CNCCCN=C(N)N)cc2)c(=O)[nH]1. The van der Waals surface area contributed by atoms with Crippen LogP contribution in [-0.4, -0.2) is 83.9 Å². The highest BCUT2D eigenvalue weighted by Crippen LogP contribution is 2.19. The smallest absolute Gasteiger partial charge is 0.315 e. The van der Waals surface area contributed by atoms with Gasteiger partial charge in [0.2, 0.25) is 0 Å². The van der Waals surface area contributed by atoms with Gasteiger partial charge in [-0.25, -0.2) is 14.2 Å². The van der Waals surface area contributed by atoms with Gasteiger partial charge in [-0.05, 0) is 51.3 Å². The molecule has 44 heavy (non-hydrogen) atoms. The highest BCUT2D eigenvalue weighted by atomic mass is 19.1. The van der Waals surface area contributed by atoms with E-state index in [1.54, 1.807) is 6.20 Å². The highest BCUT2D eigenvalue weighted by Gasteiger charge is 2.26. The van der Waals surface area contributed by atoms with Gasteiger partial charge in [0.1, 0.15) is 12.0 Å². The molecule has 12 nitrogen and oxygen atoms in total. The van der Waals surface area contributed by atoms with Crippen LogP contribution in [0.2, 0.25) is 0 Å². The summed E-state index contributed by atoms with van der Waals surface area (Å²) in [7, 11) is 0. The predicted octanol–water partition coefficient (Wildman–Crippen LogP) is 1.94. The van der Waals surface area contributed by atoms with E-state index in [1.165, 1.54) is 0 Å². The summed E-state index contributed by atoms with van der Waals surface area (Å²) in [6, 6.07) is 7.84. The maximum Gasteiger partial charge on any atom is 0.315 e. The number of amides is 2. The van der Waals surface area contributed by atoms with Crippen LogP contribution in [-0.2, 0) is 12.0 Å². The topological polar surface area (TPSA) is 193 Å². The number of halogens is 1. The van der Waals surface area contributed by atoms with E-state index in [1.807, 2.05) is 70.7 Å². The lowest BCUT2D eigenvalue weighted by Gasteiger charge is -2.23. The number of aromatic nitrogens is 2. The molecule has 1 aliphatic rings. The fraction of sp³-hybridized carbons (Fsp3) is 0.613. The van der Waals surface area contributed by atoms with Crippen molar-refractivity contribution in [2.75, 3.05) is 39.3 Å². The number of benzene rings is 1. The van der Waals surface area contributed by atoms with Crippen LogP contribution in [0.3, 0.4) is 0 Å². The van der Waals surface area contributed by atoms with Crippen LogP contribution in [0.4, 0.5) is 9.18 Å². The molecule has 2 atom stereocenters. The van der Waals surface area contributed by atoms with E-state index in [-0.39, 0.29) is 41.1 Å². The van der Waals surface area contributed by atoms with Crippen LogP contribution in [0.15, 0.2) is 40.2 Å². The van der Waals surface area contributed by atoms with Crippen molar-refractivity contribution in [2.45, 2.75) is 84.1 Å². The van der Waals surface area contributed by atoms with Gasteiger partial charge in [-0.15, -0.1) is 0 Å². The van der Waals surface area contributed by atoms with Crippen LogP contribution in [0, 0.1) is 0 Å². The van der Waals surface area contributed by atoms with E-state index in [0.29, 0.717) is 31.0 Å². The fourth-order valence-corrected chi connectivity index (χ4v) is 4.46. The molecule has 1 fully saturated rings. The molecule has 0 radical (unpaired) electrons. The van der Waals surface area contributed by atoms with Crippen molar-refractivity contribution in [2.24, 2.45) is 22.2 Å². The molecule has 246 valence electrons. The molecule has 1 saturated heterocycles. The van der Waals surface area contributed by atoms with Crippen LogP contribution >= 0.6 is 0 Å². The van der Waals surface area contributed by atoms with Gasteiger partial charge in [0.15, 0.2) is 5.96 Å². The van der Waals surface area contributed by atoms with Crippen molar-refractivity contribution < 1.29 is 9.18 Å². The molecule has 1 aliphatic heterocycles. The summed E-state index contributed by atoms with van der Waals surface area (Å²) < 4.78 is 13.1. The highest BCUT2D eigenvalue weighted by molar-refractivity contribution is 5.75. The van der Waals surface area contributed by atoms with Crippen LogP contribution in [0.25, 0.3) is 11.1 Å². The Balaban J connectivity index is 0.000000329. The quantitative estimate of drug-likeness (QED) is 0.113. The molecule has 1 aromatic carbocycles. The third-order valence-corrected chi connectivity index (χ3v) is 6.72. The molecule has 13 heteroatoms. The summed E-state index contributed by atoms with van der Waals surface area (Å²) >= 11 is 0. The predicted molar refractivity (Wildman–Crippen MR) is 176 cm³/mol. The number of nitrogens with two attached hydrogens (primary N) is 3. The Labute approximate surface area is 260 Å². The number of carbonyl (C=O) groups is 1. The molecule has 0 bridgehead atoms. The lowest BCUT2D eigenvalue weighted by molar-refractivity contribution is 0.216. The van der Waals surface area contributed by atoms with E-state index in [2.05, 4.69) is 30.9 Å². The van der Waals surface area contributed by atoms with Crippen molar-refractivity contribution in [3.8, 4) is 11.1 Å². The van der Waals surface area contributed by atoms with Crippen molar-refractivity contribution in [1.82, 2.24) is 30.8 Å². The Hall–Kier alpha value is -3.55. The zero-order chi connectivity index (χ0) is 32.9. The minimum absolute atomic E-state index is 0.0547. The number of aliphatic imine (C=N–C) groups is 1. The van der Waals surface area contributed by atoms with Gasteiger partial charge in [-0.3, -0.25) is 14.7 Å². The zero-order valence-corrected chi connectivity index (χ0v) is 27.2. The number of urea groups is 1. The van der Waals surface area contributed by atoms with E-state index in [4.69, 9.17) is 17.2 Å². The number of nitrogens with one attached hydrogen (secondary N) is 4. The first-order valence-electron chi connectivity index (χ1n) is 15.2. The number of likely N-dealkylation sites (tertiary alicyclic amines) is 1. The first kappa shape index (κ1) is 36.6. The first-order chi connectivity index (χ1) is 20.6. The summed E-state index contributed by atoms with van der Waals surface area (Å²) in [6.45, 7) is 16.0. The number of alkyl halides is 1. The standard InChI is InChI=1S/C19H28N6O.C12H25FN4O/c1-19(2,3)17-24-12-15(16(26)25-17)14-7-5-13(6-8-14)11-22-9-4-10-23-18(20)21;1-12(2,3)16-11(18)15-10-4-5-17(8-10)7-9(13)6-14/h5-8,12,22H,4,9-11H2,1-3H3,(H4,20,21,23)(H,24,25,26);9-10H,4-8,14H2,1-3H3,(H2,15,16,18)/t;9-,10-/m.1/s1. The van der Waals surface area contributed by atoms with Gasteiger partial charge in [0.05, 0.1) is 5.56 Å². The second kappa shape index (κ2) is 17.1. The Morgan fingerprint density at radius 2 is 1.86 bits per heavy atom. The molecule has 2 aromatic rings. The Bertz CT molecular complexity index is 1250. The average Bonchev–Trinajstić information content (AvgIpc) is 3.35. The summed E-state index contributed by atoms with van der Waals surface area (Å²) in [5.41, 5.74) is 17.8. The number of rotatable bonds is 11. The van der Waals surface area contributed by atoms with Crippen molar-refractivity contribution in [3.63, 3.8) is 0 Å². The number of hydrogen-bond donors (Lipinski definition) is 7. The molecule has 0 spiro atoms. The molecule has 0 saturated carbocycles. The molecule has 2 heterocycles. The van der Waals surface area contributed by atoms with Gasteiger partial charge in [0.25, 0.3) is 5.56 Å². The maximum absolute atomic E-state index is 13.1. The number of hydrogen-bond acceptors (Lipinski definition) is 7. The van der Waals surface area contributed by atoms with Gasteiger partial charge in [-0.1, -0.05) is 45.0 Å². The molecular formula is C31H53FN10O2. The van der Waals surface area contributed by atoms with E-state index in [9.17, 15) is 14.0 Å². The monoisotopic (exact) mass is 616 g/mol. The van der Waals surface area contributed by atoms with E-state index in [0.717, 1.165) is 43.6 Å². The number of guanidine groups is 1. The first-order valence-corrected chi connectivity index (χ1v) is 15.2. The van der Waals surface area contributed by atoms with E-state index < -0.39 is 6.17 Å². The molecule has 0 aliphatic carbocycles. The number of nitrogens with zero attached hydrogens (tertiary/aromatic N) is 3. The molecular weight excluding hydrogens is 563 g/mol. The van der Waals surface area contributed by atoms with Gasteiger partial charge >= 0.3 is 6.03 Å². The summed E-state index contributed by atoms with van der Waals surface area (Å²) in [4.78, 5) is 37.2. The number of H-pyrrole nitrogens is 1. The fourth-order valence-electron chi connectivity index (χ4n) is 4.46. The lowest BCUT2D eigenvalue weighted by atomic mass is 9.95. The number of aromatic amines is 1. The second-order valence-electron chi connectivity index (χ2n) is 13.2. The molecule has 1 aromatic heterocycles. The Morgan fingerprint density at radius 3 is 2.43 bits per heavy atom. The molecule has 2 amide bonds. The number of carbonyl (C=O) groups excluding carboxylic acids is 1. The molecule has 0 unspecified atom stereocenters. The van der Waals surface area contributed by atoms with Crippen LogP contribution in [0.1, 0.15) is 65.8 Å². The van der Waals surface area contributed by atoms with Crippen LogP contribution in [0.5, 0.6) is 0 Å².